The molecule has 0 N–H and O–H groups in total. The highest BCUT2D eigenvalue weighted by Crippen LogP contribution is 2.39. The highest BCUT2D eigenvalue weighted by molar-refractivity contribution is 6.74. The number of carbonyl (C=O) groups is 1. The van der Waals surface area contributed by atoms with E-state index in [-0.39, 0.29) is 17.2 Å². The molecule has 108 valence electrons. The molecular formula is C15H27NO2Si. The Labute approximate surface area is 118 Å². The predicted molar refractivity (Wildman–Crippen MR) is 80.6 cm³/mol. The first kappa shape index (κ1) is 14.8. The second-order valence-electron chi connectivity index (χ2n) is 7.28. The van der Waals surface area contributed by atoms with E-state index in [2.05, 4.69) is 46.0 Å². The van der Waals surface area contributed by atoms with Crippen LogP contribution in [0.1, 0.15) is 40.0 Å². The van der Waals surface area contributed by atoms with Crippen molar-refractivity contribution in [1.29, 1.82) is 0 Å². The standard InChI is InChI=1S/C15H27NO2Si/c1-15(2,3)19(4,5)18-13-9-7-11-16-12(13)8-6-10-14(16)17/h7,9,12-13H,6,8,10-11H2,1-5H3/t12-,13+/m0/s1. The van der Waals surface area contributed by atoms with Crippen LogP contribution in [0, 0.1) is 0 Å². The van der Waals surface area contributed by atoms with Crippen molar-refractivity contribution in [2.75, 3.05) is 6.54 Å². The molecule has 2 heterocycles. The van der Waals surface area contributed by atoms with E-state index in [0.29, 0.717) is 12.3 Å². The number of carbonyl (C=O) groups excluding carboxylic acids is 1. The second-order valence-corrected chi connectivity index (χ2v) is 12.0. The van der Waals surface area contributed by atoms with Gasteiger partial charge in [0.2, 0.25) is 5.91 Å². The zero-order valence-corrected chi connectivity index (χ0v) is 13.9. The van der Waals surface area contributed by atoms with E-state index in [0.717, 1.165) is 19.4 Å². The Kier molecular flexibility index (Phi) is 3.94. The smallest absolute Gasteiger partial charge is 0.223 e. The summed E-state index contributed by atoms with van der Waals surface area (Å²) in [5, 5.41) is 0.210. The average Bonchev–Trinajstić information content (AvgIpc) is 2.28. The first-order chi connectivity index (χ1) is 8.72. The molecule has 4 heteroatoms. The molecule has 1 saturated heterocycles. The fourth-order valence-corrected chi connectivity index (χ4v) is 3.87. The summed E-state index contributed by atoms with van der Waals surface area (Å²) in [6.45, 7) is 12.1. The molecule has 1 fully saturated rings. The molecule has 2 aliphatic rings. The van der Waals surface area contributed by atoms with Crippen LogP contribution in [-0.4, -0.2) is 37.8 Å². The van der Waals surface area contributed by atoms with Crippen LogP contribution < -0.4 is 0 Å². The Morgan fingerprint density at radius 3 is 2.68 bits per heavy atom. The van der Waals surface area contributed by atoms with Gasteiger partial charge in [0, 0.05) is 13.0 Å². The van der Waals surface area contributed by atoms with Crippen LogP contribution in [0.4, 0.5) is 0 Å². The predicted octanol–water partition coefficient (Wildman–Crippen LogP) is 3.33. The molecular weight excluding hydrogens is 254 g/mol. The van der Waals surface area contributed by atoms with Crippen LogP contribution in [0.15, 0.2) is 12.2 Å². The van der Waals surface area contributed by atoms with E-state index in [1.807, 2.05) is 4.90 Å². The lowest BCUT2D eigenvalue weighted by molar-refractivity contribution is -0.138. The Morgan fingerprint density at radius 2 is 2.05 bits per heavy atom. The fourth-order valence-electron chi connectivity index (χ4n) is 2.60. The molecule has 0 unspecified atom stereocenters. The normalized spacial score (nSPS) is 28.5. The van der Waals surface area contributed by atoms with Crippen LogP contribution in [0.3, 0.4) is 0 Å². The van der Waals surface area contributed by atoms with Gasteiger partial charge in [-0.3, -0.25) is 4.79 Å². The molecule has 2 aliphatic heterocycles. The van der Waals surface area contributed by atoms with Gasteiger partial charge >= 0.3 is 0 Å². The van der Waals surface area contributed by atoms with Gasteiger partial charge in [0.25, 0.3) is 0 Å². The molecule has 2 atom stereocenters. The van der Waals surface area contributed by atoms with Gasteiger partial charge in [-0.15, -0.1) is 0 Å². The number of piperidine rings is 1. The van der Waals surface area contributed by atoms with E-state index in [9.17, 15) is 4.79 Å². The third kappa shape index (κ3) is 2.94. The first-order valence-electron chi connectivity index (χ1n) is 7.36. The number of fused-ring (bicyclic) bond motifs is 1. The van der Waals surface area contributed by atoms with Crippen molar-refractivity contribution in [3.63, 3.8) is 0 Å². The van der Waals surface area contributed by atoms with Crippen molar-refractivity contribution < 1.29 is 9.22 Å². The van der Waals surface area contributed by atoms with Crippen molar-refractivity contribution in [3.05, 3.63) is 12.2 Å². The minimum atomic E-state index is -1.78. The van der Waals surface area contributed by atoms with E-state index < -0.39 is 8.32 Å². The Balaban J connectivity index is 2.14. The van der Waals surface area contributed by atoms with E-state index >= 15 is 0 Å². The van der Waals surface area contributed by atoms with Crippen molar-refractivity contribution >= 4 is 14.2 Å². The Bertz CT molecular complexity index is 384. The summed E-state index contributed by atoms with van der Waals surface area (Å²) in [4.78, 5) is 14.0. The van der Waals surface area contributed by atoms with Crippen LogP contribution in [-0.2, 0) is 9.22 Å². The largest absolute Gasteiger partial charge is 0.408 e. The van der Waals surface area contributed by atoms with E-state index in [4.69, 9.17) is 4.43 Å². The molecule has 0 aromatic rings. The summed E-state index contributed by atoms with van der Waals surface area (Å²) < 4.78 is 6.52. The fraction of sp³-hybridized carbons (Fsp3) is 0.800. The molecule has 0 spiro atoms. The van der Waals surface area contributed by atoms with Crippen LogP contribution in [0.2, 0.25) is 18.1 Å². The number of nitrogens with zero attached hydrogens (tertiary/aromatic N) is 1. The first-order valence-corrected chi connectivity index (χ1v) is 10.3. The number of rotatable bonds is 2. The maximum atomic E-state index is 12.0. The van der Waals surface area contributed by atoms with Crippen molar-refractivity contribution in [3.8, 4) is 0 Å². The summed E-state index contributed by atoms with van der Waals surface area (Å²) in [6, 6.07) is 0.264. The molecule has 1 amide bonds. The Hall–Kier alpha value is -0.613. The summed E-state index contributed by atoms with van der Waals surface area (Å²) in [7, 11) is -1.78. The van der Waals surface area contributed by atoms with Gasteiger partial charge in [-0.05, 0) is 31.0 Å². The van der Waals surface area contributed by atoms with Gasteiger partial charge < -0.3 is 9.33 Å². The molecule has 19 heavy (non-hydrogen) atoms. The lowest BCUT2D eigenvalue weighted by Crippen LogP contribution is -2.55. The number of hydrogen-bond donors (Lipinski definition) is 0. The Morgan fingerprint density at radius 1 is 1.37 bits per heavy atom. The van der Waals surface area contributed by atoms with E-state index in [1.165, 1.54) is 0 Å². The quantitative estimate of drug-likeness (QED) is 0.574. The zero-order valence-electron chi connectivity index (χ0n) is 12.9. The van der Waals surface area contributed by atoms with Gasteiger partial charge in [0.05, 0.1) is 12.1 Å². The van der Waals surface area contributed by atoms with Gasteiger partial charge in [-0.2, -0.15) is 0 Å². The average molecular weight is 281 g/mol. The summed E-state index contributed by atoms with van der Waals surface area (Å²) in [6.07, 6.45) is 7.16. The van der Waals surface area contributed by atoms with Crippen molar-refractivity contribution in [1.82, 2.24) is 4.90 Å². The van der Waals surface area contributed by atoms with Gasteiger partial charge in [0.1, 0.15) is 0 Å². The molecule has 0 radical (unpaired) electrons. The third-order valence-corrected chi connectivity index (χ3v) is 9.33. The molecule has 2 rings (SSSR count). The highest BCUT2D eigenvalue weighted by Gasteiger charge is 2.43. The van der Waals surface area contributed by atoms with Gasteiger partial charge in [0.15, 0.2) is 8.32 Å². The minimum Gasteiger partial charge on any atom is -0.408 e. The minimum absolute atomic E-state index is 0.0962. The SMILES string of the molecule is CC(C)(C)[Si](C)(C)O[C@@H]1C=CCN2C(=O)CCC[C@@H]12. The second kappa shape index (κ2) is 5.06. The maximum Gasteiger partial charge on any atom is 0.223 e. The molecule has 0 bridgehead atoms. The van der Waals surface area contributed by atoms with Crippen LogP contribution >= 0.6 is 0 Å². The molecule has 3 nitrogen and oxygen atoms in total. The highest BCUT2D eigenvalue weighted by atomic mass is 28.4. The molecule has 0 saturated carbocycles. The number of hydrogen-bond acceptors (Lipinski definition) is 2. The zero-order chi connectivity index (χ0) is 14.3. The monoisotopic (exact) mass is 281 g/mol. The summed E-state index contributed by atoms with van der Waals surface area (Å²) in [5.41, 5.74) is 0. The molecule has 0 aromatic heterocycles. The molecule has 0 aliphatic carbocycles. The lowest BCUT2D eigenvalue weighted by Gasteiger charge is -2.46. The topological polar surface area (TPSA) is 29.5 Å². The van der Waals surface area contributed by atoms with Gasteiger partial charge in [-0.1, -0.05) is 32.9 Å². The summed E-state index contributed by atoms with van der Waals surface area (Å²) in [5.74, 6) is 0.296. The van der Waals surface area contributed by atoms with Crippen molar-refractivity contribution in [2.24, 2.45) is 0 Å². The van der Waals surface area contributed by atoms with Crippen LogP contribution in [0.5, 0.6) is 0 Å². The van der Waals surface area contributed by atoms with Crippen LogP contribution in [0.25, 0.3) is 0 Å². The number of amides is 1. The lowest BCUT2D eigenvalue weighted by atomic mass is 9.94. The molecule has 0 aromatic carbocycles. The van der Waals surface area contributed by atoms with E-state index in [1.54, 1.807) is 0 Å². The van der Waals surface area contributed by atoms with Gasteiger partial charge in [-0.25, -0.2) is 0 Å². The maximum absolute atomic E-state index is 12.0. The third-order valence-electron chi connectivity index (χ3n) is 4.86. The van der Waals surface area contributed by atoms with Crippen molar-refractivity contribution in [2.45, 2.75) is 70.3 Å². The summed E-state index contributed by atoms with van der Waals surface area (Å²) >= 11 is 0.